The Kier molecular flexibility index (Phi) is 4.25. The van der Waals surface area contributed by atoms with Gasteiger partial charge in [0.15, 0.2) is 5.78 Å². The standard InChI is InChI=1S/C7H14O3Si/c1-3-7(8)5-4-6-11(2,9)10/h3,9-10H,1,4-6H2,2H3. The maximum Gasteiger partial charge on any atom is 0.329 e. The van der Waals surface area contributed by atoms with Crippen LogP contribution in [-0.4, -0.2) is 23.9 Å². The Balaban J connectivity index is 3.42. The monoisotopic (exact) mass is 174 g/mol. The molecule has 0 saturated carbocycles. The first-order valence-corrected chi connectivity index (χ1v) is 6.16. The van der Waals surface area contributed by atoms with Crippen molar-refractivity contribution < 1.29 is 14.4 Å². The molecule has 0 aromatic carbocycles. The average molecular weight is 174 g/mol. The van der Waals surface area contributed by atoms with E-state index in [9.17, 15) is 4.79 Å². The van der Waals surface area contributed by atoms with Gasteiger partial charge >= 0.3 is 8.56 Å². The predicted octanol–water partition coefficient (Wildman–Crippen LogP) is 0.578. The molecule has 0 aliphatic heterocycles. The molecule has 3 nitrogen and oxygen atoms in total. The maximum absolute atomic E-state index is 10.6. The topological polar surface area (TPSA) is 57.5 Å². The smallest absolute Gasteiger partial charge is 0.329 e. The fraction of sp³-hybridized carbons (Fsp3) is 0.571. The van der Waals surface area contributed by atoms with Gasteiger partial charge in [0.2, 0.25) is 0 Å². The number of hydrogen-bond acceptors (Lipinski definition) is 3. The Bertz CT molecular complexity index is 148. The summed E-state index contributed by atoms with van der Waals surface area (Å²) in [5, 5.41) is 0. The van der Waals surface area contributed by atoms with Gasteiger partial charge in [-0.05, 0) is 25.1 Å². The highest BCUT2D eigenvalue weighted by Gasteiger charge is 2.20. The zero-order valence-corrected chi connectivity index (χ0v) is 7.71. The second kappa shape index (κ2) is 4.43. The number of rotatable bonds is 5. The lowest BCUT2D eigenvalue weighted by Crippen LogP contribution is -2.29. The van der Waals surface area contributed by atoms with E-state index in [1.807, 2.05) is 0 Å². The summed E-state index contributed by atoms with van der Waals surface area (Å²) in [6, 6.07) is 0.354. The first kappa shape index (κ1) is 10.5. The van der Waals surface area contributed by atoms with Crippen molar-refractivity contribution in [3.8, 4) is 0 Å². The average Bonchev–Trinajstić information content (AvgIpc) is 1.85. The van der Waals surface area contributed by atoms with E-state index in [1.54, 1.807) is 0 Å². The van der Waals surface area contributed by atoms with Crippen LogP contribution in [0.2, 0.25) is 12.6 Å². The lowest BCUT2D eigenvalue weighted by molar-refractivity contribution is -0.114. The minimum Gasteiger partial charge on any atom is -0.411 e. The van der Waals surface area contributed by atoms with E-state index in [-0.39, 0.29) is 5.78 Å². The molecule has 0 aromatic heterocycles. The largest absolute Gasteiger partial charge is 0.411 e. The minimum atomic E-state index is -2.92. The summed E-state index contributed by atoms with van der Waals surface area (Å²) in [6.45, 7) is 4.75. The van der Waals surface area contributed by atoms with Crippen molar-refractivity contribution in [3.63, 3.8) is 0 Å². The molecule has 4 heteroatoms. The van der Waals surface area contributed by atoms with Crippen LogP contribution in [0.4, 0.5) is 0 Å². The number of carbonyl (C=O) groups is 1. The summed E-state index contributed by atoms with van der Waals surface area (Å²) < 4.78 is 0. The lowest BCUT2D eigenvalue weighted by Gasteiger charge is -2.09. The zero-order valence-electron chi connectivity index (χ0n) is 6.71. The molecule has 0 rings (SSSR count). The number of allylic oxidation sites excluding steroid dienone is 1. The van der Waals surface area contributed by atoms with Crippen LogP contribution in [0.1, 0.15) is 12.8 Å². The van der Waals surface area contributed by atoms with Crippen molar-refractivity contribution in [2.75, 3.05) is 0 Å². The number of ketones is 1. The first-order valence-electron chi connectivity index (χ1n) is 3.56. The van der Waals surface area contributed by atoms with Gasteiger partial charge < -0.3 is 9.59 Å². The van der Waals surface area contributed by atoms with E-state index in [2.05, 4.69) is 6.58 Å². The van der Waals surface area contributed by atoms with Gasteiger partial charge in [-0.15, -0.1) is 0 Å². The van der Waals surface area contributed by atoms with Gasteiger partial charge in [-0.3, -0.25) is 4.79 Å². The molecule has 0 spiro atoms. The van der Waals surface area contributed by atoms with Crippen LogP contribution in [0, 0.1) is 0 Å². The molecule has 0 aromatic rings. The lowest BCUT2D eigenvalue weighted by atomic mass is 10.2. The molecule has 11 heavy (non-hydrogen) atoms. The summed E-state index contributed by atoms with van der Waals surface area (Å²) in [5.41, 5.74) is 0. The van der Waals surface area contributed by atoms with Crippen LogP contribution in [0.15, 0.2) is 12.7 Å². The highest BCUT2D eigenvalue weighted by Crippen LogP contribution is 2.07. The van der Waals surface area contributed by atoms with Gasteiger partial charge in [-0.1, -0.05) is 6.58 Å². The molecule has 0 atom stereocenters. The van der Waals surface area contributed by atoms with Crippen molar-refractivity contribution in [2.24, 2.45) is 0 Å². The second-order valence-corrected chi connectivity index (χ2v) is 5.67. The molecule has 0 unspecified atom stereocenters. The molecule has 2 N–H and O–H groups in total. The van der Waals surface area contributed by atoms with Gasteiger partial charge in [-0.25, -0.2) is 0 Å². The molecule has 64 valence electrons. The maximum atomic E-state index is 10.6. The summed E-state index contributed by atoms with van der Waals surface area (Å²) in [5.74, 6) is -0.0387. The molecule has 0 radical (unpaired) electrons. The first-order chi connectivity index (χ1) is 4.95. The minimum absolute atomic E-state index is 0.0387. The molecule has 0 saturated heterocycles. The van der Waals surface area contributed by atoms with Gasteiger partial charge in [0.1, 0.15) is 0 Å². The van der Waals surface area contributed by atoms with Gasteiger partial charge in [-0.2, -0.15) is 0 Å². The van der Waals surface area contributed by atoms with Crippen molar-refractivity contribution >= 4 is 14.3 Å². The zero-order chi connectivity index (χ0) is 8.91. The van der Waals surface area contributed by atoms with E-state index in [4.69, 9.17) is 9.59 Å². The van der Waals surface area contributed by atoms with Gasteiger partial charge in [0.05, 0.1) is 0 Å². The quantitative estimate of drug-likeness (QED) is 0.473. The van der Waals surface area contributed by atoms with E-state index in [1.165, 1.54) is 12.6 Å². The highest BCUT2D eigenvalue weighted by atomic mass is 28.4. The molecular weight excluding hydrogens is 160 g/mol. The molecule has 0 bridgehead atoms. The van der Waals surface area contributed by atoms with Crippen LogP contribution < -0.4 is 0 Å². The number of carbonyl (C=O) groups excluding carboxylic acids is 1. The van der Waals surface area contributed by atoms with E-state index in [0.29, 0.717) is 18.9 Å². The Labute approximate surface area is 67.6 Å². The van der Waals surface area contributed by atoms with Gasteiger partial charge in [0.25, 0.3) is 0 Å². The van der Waals surface area contributed by atoms with E-state index >= 15 is 0 Å². The van der Waals surface area contributed by atoms with Crippen LogP contribution in [0.5, 0.6) is 0 Å². The van der Waals surface area contributed by atoms with Crippen molar-refractivity contribution in [2.45, 2.75) is 25.4 Å². The summed E-state index contributed by atoms with van der Waals surface area (Å²) in [4.78, 5) is 28.6. The SMILES string of the molecule is C=CC(=O)CCC[Si](C)(O)O. The predicted molar refractivity (Wildman–Crippen MR) is 45.3 cm³/mol. The normalized spacial score (nSPS) is 11.2. The van der Waals surface area contributed by atoms with Crippen LogP contribution in [0.25, 0.3) is 0 Å². The van der Waals surface area contributed by atoms with Crippen molar-refractivity contribution in [1.29, 1.82) is 0 Å². The van der Waals surface area contributed by atoms with Crippen LogP contribution in [-0.2, 0) is 4.79 Å². The summed E-state index contributed by atoms with van der Waals surface area (Å²) >= 11 is 0. The number of hydrogen-bond donors (Lipinski definition) is 2. The van der Waals surface area contributed by atoms with Crippen molar-refractivity contribution in [3.05, 3.63) is 12.7 Å². The molecule has 0 amide bonds. The highest BCUT2D eigenvalue weighted by molar-refractivity contribution is 6.63. The molecule has 0 aliphatic rings. The Morgan fingerprint density at radius 3 is 2.55 bits per heavy atom. The second-order valence-electron chi connectivity index (χ2n) is 2.74. The van der Waals surface area contributed by atoms with Gasteiger partial charge in [0, 0.05) is 6.42 Å². The third-order valence-electron chi connectivity index (χ3n) is 1.30. The van der Waals surface area contributed by atoms with Crippen molar-refractivity contribution in [1.82, 2.24) is 0 Å². The summed E-state index contributed by atoms with van der Waals surface area (Å²) in [6.07, 6.45) is 2.17. The Morgan fingerprint density at radius 2 is 2.18 bits per heavy atom. The summed E-state index contributed by atoms with van der Waals surface area (Å²) in [7, 11) is -2.92. The van der Waals surface area contributed by atoms with E-state index < -0.39 is 8.56 Å². The Hall–Kier alpha value is -0.453. The third kappa shape index (κ3) is 7.44. The van der Waals surface area contributed by atoms with Crippen LogP contribution >= 0.6 is 0 Å². The third-order valence-corrected chi connectivity index (χ3v) is 2.60. The fourth-order valence-electron chi connectivity index (χ4n) is 0.700. The molecule has 0 aliphatic carbocycles. The molecule has 0 fully saturated rings. The molecule has 0 heterocycles. The molecular formula is C7H14O3Si. The van der Waals surface area contributed by atoms with Crippen LogP contribution in [0.3, 0.4) is 0 Å². The Morgan fingerprint density at radius 1 is 1.64 bits per heavy atom. The fourth-order valence-corrected chi connectivity index (χ4v) is 1.55. The van der Waals surface area contributed by atoms with E-state index in [0.717, 1.165) is 0 Å².